The van der Waals surface area contributed by atoms with Crippen LogP contribution in [-0.4, -0.2) is 49.1 Å². The Kier molecular flexibility index (Phi) is 7.78. The number of rotatable bonds is 3. The molecule has 2 saturated heterocycles. The van der Waals surface area contributed by atoms with Crippen molar-refractivity contribution in [2.45, 2.75) is 39.7 Å². The molecule has 3 rings (SSSR count). The molecular formula is C19H32IN5. The maximum atomic E-state index is 4.63. The summed E-state index contributed by atoms with van der Waals surface area (Å²) in [5.74, 6) is 3.58. The summed E-state index contributed by atoms with van der Waals surface area (Å²) in [5.41, 5.74) is 1.21. The lowest BCUT2D eigenvalue weighted by atomic mass is 9.92. The average molecular weight is 457 g/mol. The number of aliphatic imine (C=N–C) groups is 1. The molecular weight excluding hydrogens is 425 g/mol. The zero-order chi connectivity index (χ0) is 16.9. The van der Waals surface area contributed by atoms with Crippen molar-refractivity contribution in [3.8, 4) is 0 Å². The number of likely N-dealkylation sites (tertiary alicyclic amines) is 1. The number of pyridine rings is 1. The minimum absolute atomic E-state index is 0. The molecule has 1 aromatic rings. The summed E-state index contributed by atoms with van der Waals surface area (Å²) in [7, 11) is 1.88. The second-order valence-corrected chi connectivity index (χ2v) is 7.47. The number of halogens is 1. The summed E-state index contributed by atoms with van der Waals surface area (Å²) >= 11 is 0. The minimum Gasteiger partial charge on any atom is -0.357 e. The zero-order valence-electron chi connectivity index (χ0n) is 15.7. The third kappa shape index (κ3) is 5.46. The summed E-state index contributed by atoms with van der Waals surface area (Å²) in [6.07, 6.45) is 5.88. The number of piperidine rings is 1. The van der Waals surface area contributed by atoms with E-state index in [2.05, 4.69) is 51.1 Å². The van der Waals surface area contributed by atoms with Gasteiger partial charge in [0.25, 0.3) is 0 Å². The SMILES string of the molecule is CN=C(NCc1ccc(N2CCCC2)nc1)N1CC(C)CC(C)C1.I. The lowest BCUT2D eigenvalue weighted by Gasteiger charge is -2.37. The van der Waals surface area contributed by atoms with Crippen LogP contribution in [0.25, 0.3) is 0 Å². The van der Waals surface area contributed by atoms with Crippen LogP contribution in [0.3, 0.4) is 0 Å². The molecule has 0 aliphatic carbocycles. The van der Waals surface area contributed by atoms with Gasteiger partial charge < -0.3 is 15.1 Å². The molecule has 0 amide bonds. The Bertz CT molecular complexity index is 543. The van der Waals surface area contributed by atoms with Crippen LogP contribution in [0.4, 0.5) is 5.82 Å². The fraction of sp³-hybridized carbons (Fsp3) is 0.684. The predicted octanol–water partition coefficient (Wildman–Crippen LogP) is 3.35. The number of nitrogens with zero attached hydrogens (tertiary/aromatic N) is 4. The van der Waals surface area contributed by atoms with Gasteiger partial charge in [0, 0.05) is 46.0 Å². The van der Waals surface area contributed by atoms with E-state index in [-0.39, 0.29) is 24.0 Å². The normalized spacial score (nSPS) is 24.2. The van der Waals surface area contributed by atoms with Crippen LogP contribution in [0.1, 0.15) is 38.7 Å². The topological polar surface area (TPSA) is 43.8 Å². The van der Waals surface area contributed by atoms with Crippen LogP contribution in [0, 0.1) is 11.8 Å². The number of anilines is 1. The molecule has 1 N–H and O–H groups in total. The van der Waals surface area contributed by atoms with E-state index < -0.39 is 0 Å². The van der Waals surface area contributed by atoms with Crippen molar-refractivity contribution in [1.82, 2.24) is 15.2 Å². The summed E-state index contributed by atoms with van der Waals surface area (Å²) in [6, 6.07) is 4.33. The number of guanidine groups is 1. The molecule has 5 nitrogen and oxygen atoms in total. The van der Waals surface area contributed by atoms with E-state index in [1.54, 1.807) is 0 Å². The van der Waals surface area contributed by atoms with E-state index in [4.69, 9.17) is 0 Å². The Morgan fingerprint density at radius 1 is 1.20 bits per heavy atom. The predicted molar refractivity (Wildman–Crippen MR) is 116 cm³/mol. The Morgan fingerprint density at radius 3 is 2.44 bits per heavy atom. The molecule has 0 radical (unpaired) electrons. The number of hydrogen-bond donors (Lipinski definition) is 1. The Morgan fingerprint density at radius 2 is 1.88 bits per heavy atom. The molecule has 3 heterocycles. The quantitative estimate of drug-likeness (QED) is 0.430. The van der Waals surface area contributed by atoms with Crippen molar-refractivity contribution in [3.63, 3.8) is 0 Å². The number of nitrogens with one attached hydrogen (secondary N) is 1. The van der Waals surface area contributed by atoms with E-state index in [1.807, 2.05) is 13.2 Å². The van der Waals surface area contributed by atoms with Crippen LogP contribution < -0.4 is 10.2 Å². The van der Waals surface area contributed by atoms with Crippen LogP contribution >= 0.6 is 24.0 Å². The van der Waals surface area contributed by atoms with E-state index >= 15 is 0 Å². The summed E-state index contributed by atoms with van der Waals surface area (Å²) in [4.78, 5) is 13.9. The highest BCUT2D eigenvalue weighted by Crippen LogP contribution is 2.21. The van der Waals surface area contributed by atoms with Gasteiger partial charge in [-0.15, -0.1) is 24.0 Å². The van der Waals surface area contributed by atoms with Gasteiger partial charge in [0.2, 0.25) is 0 Å². The Balaban J connectivity index is 0.00000225. The second-order valence-electron chi connectivity index (χ2n) is 7.47. The van der Waals surface area contributed by atoms with Gasteiger partial charge in [-0.05, 0) is 42.7 Å². The third-order valence-corrected chi connectivity index (χ3v) is 5.07. The zero-order valence-corrected chi connectivity index (χ0v) is 18.1. The molecule has 2 aliphatic heterocycles. The van der Waals surface area contributed by atoms with E-state index in [9.17, 15) is 0 Å². The molecule has 6 heteroatoms. The summed E-state index contributed by atoms with van der Waals surface area (Å²) < 4.78 is 0. The van der Waals surface area contributed by atoms with Crippen molar-refractivity contribution >= 4 is 35.8 Å². The molecule has 0 saturated carbocycles. The van der Waals surface area contributed by atoms with Crippen molar-refractivity contribution in [2.75, 3.05) is 38.1 Å². The van der Waals surface area contributed by atoms with Gasteiger partial charge in [0.15, 0.2) is 5.96 Å². The molecule has 0 spiro atoms. The van der Waals surface area contributed by atoms with Crippen molar-refractivity contribution in [3.05, 3.63) is 23.9 Å². The molecule has 0 bridgehead atoms. The summed E-state index contributed by atoms with van der Waals surface area (Å²) in [5, 5.41) is 3.51. The summed E-state index contributed by atoms with van der Waals surface area (Å²) in [6.45, 7) is 9.91. The van der Waals surface area contributed by atoms with Crippen molar-refractivity contribution < 1.29 is 0 Å². The van der Waals surface area contributed by atoms with E-state index in [0.29, 0.717) is 0 Å². The number of aromatic nitrogens is 1. The van der Waals surface area contributed by atoms with Gasteiger partial charge in [0.1, 0.15) is 5.82 Å². The highest BCUT2D eigenvalue weighted by atomic mass is 127. The van der Waals surface area contributed by atoms with Crippen LogP contribution in [-0.2, 0) is 6.54 Å². The highest BCUT2D eigenvalue weighted by molar-refractivity contribution is 14.0. The van der Waals surface area contributed by atoms with Gasteiger partial charge in [-0.25, -0.2) is 4.98 Å². The first kappa shape index (κ1) is 20.3. The fourth-order valence-electron chi connectivity index (χ4n) is 4.00. The first-order valence-electron chi connectivity index (χ1n) is 9.31. The van der Waals surface area contributed by atoms with Gasteiger partial charge >= 0.3 is 0 Å². The highest BCUT2D eigenvalue weighted by Gasteiger charge is 2.23. The molecule has 140 valence electrons. The fourth-order valence-corrected chi connectivity index (χ4v) is 4.00. The lowest BCUT2D eigenvalue weighted by molar-refractivity contribution is 0.208. The van der Waals surface area contributed by atoms with Gasteiger partial charge in [-0.1, -0.05) is 19.9 Å². The molecule has 2 unspecified atom stereocenters. The smallest absolute Gasteiger partial charge is 0.193 e. The first-order valence-corrected chi connectivity index (χ1v) is 9.31. The molecule has 25 heavy (non-hydrogen) atoms. The van der Waals surface area contributed by atoms with Gasteiger partial charge in [0.05, 0.1) is 0 Å². The second kappa shape index (κ2) is 9.59. The number of hydrogen-bond acceptors (Lipinski definition) is 3. The maximum Gasteiger partial charge on any atom is 0.193 e. The van der Waals surface area contributed by atoms with Crippen LogP contribution in [0.15, 0.2) is 23.3 Å². The molecule has 2 atom stereocenters. The van der Waals surface area contributed by atoms with E-state index in [1.165, 1.54) is 24.8 Å². The Labute approximate surface area is 169 Å². The minimum atomic E-state index is 0. The first-order chi connectivity index (χ1) is 11.7. The van der Waals surface area contributed by atoms with Crippen molar-refractivity contribution in [2.24, 2.45) is 16.8 Å². The Hall–Kier alpha value is -1.05. The van der Waals surface area contributed by atoms with Crippen molar-refractivity contribution in [1.29, 1.82) is 0 Å². The van der Waals surface area contributed by atoms with Gasteiger partial charge in [-0.2, -0.15) is 0 Å². The molecule has 2 fully saturated rings. The lowest BCUT2D eigenvalue weighted by Crippen LogP contribution is -2.48. The molecule has 2 aliphatic rings. The molecule has 1 aromatic heterocycles. The molecule has 0 aromatic carbocycles. The van der Waals surface area contributed by atoms with Crippen LogP contribution in [0.2, 0.25) is 0 Å². The largest absolute Gasteiger partial charge is 0.357 e. The van der Waals surface area contributed by atoms with Gasteiger partial charge in [-0.3, -0.25) is 4.99 Å². The third-order valence-electron chi connectivity index (χ3n) is 5.07. The van der Waals surface area contributed by atoms with Crippen LogP contribution in [0.5, 0.6) is 0 Å². The maximum absolute atomic E-state index is 4.63. The standard InChI is InChI=1S/C19H31N5.HI/c1-15-10-16(2)14-24(13-15)19(20-3)22-12-17-6-7-18(21-11-17)23-8-4-5-9-23;/h6-7,11,15-16H,4-5,8-10,12-14H2,1-3H3,(H,20,22);1H. The monoisotopic (exact) mass is 457 g/mol. The average Bonchev–Trinajstić information content (AvgIpc) is 3.09. The van der Waals surface area contributed by atoms with E-state index in [0.717, 1.165) is 56.3 Å².